The molecule has 0 aliphatic carbocycles. The highest BCUT2D eigenvalue weighted by Crippen LogP contribution is 2.36. The number of aromatic nitrogens is 2. The fourth-order valence-corrected chi connectivity index (χ4v) is 1.99. The van der Waals surface area contributed by atoms with Gasteiger partial charge in [-0.25, -0.2) is 4.98 Å². The molecule has 0 saturated heterocycles. The molecule has 0 fully saturated rings. The highest BCUT2D eigenvalue weighted by molar-refractivity contribution is 6.32. The lowest BCUT2D eigenvalue weighted by Gasteiger charge is -2.13. The Morgan fingerprint density at radius 1 is 1.48 bits per heavy atom. The average molecular weight is 317 g/mol. The zero-order valence-electron chi connectivity index (χ0n) is 10.9. The Kier molecular flexibility index (Phi) is 4.74. The van der Waals surface area contributed by atoms with Gasteiger partial charge in [0.2, 0.25) is 0 Å². The van der Waals surface area contributed by atoms with Crippen LogP contribution in [-0.2, 0) is 6.61 Å². The van der Waals surface area contributed by atoms with Crippen molar-refractivity contribution in [2.75, 3.05) is 7.11 Å². The minimum Gasteiger partial charge on any atom is -0.493 e. The number of hydrogen-bond donors (Lipinski definition) is 0. The standard InChI is InChI=1S/C13H11ClF2N2O3/c1-20-10-5-8(6-19)4-9(14)12(10)21-7-11-17-2-3-18(11)13(15)16/h2-6,13H,7H2,1H3. The summed E-state index contributed by atoms with van der Waals surface area (Å²) in [4.78, 5) is 14.5. The van der Waals surface area contributed by atoms with Crippen LogP contribution in [0.5, 0.6) is 11.5 Å². The van der Waals surface area contributed by atoms with Crippen LogP contribution in [0.4, 0.5) is 8.78 Å². The number of aldehydes is 1. The van der Waals surface area contributed by atoms with Gasteiger partial charge < -0.3 is 9.47 Å². The Morgan fingerprint density at radius 2 is 2.24 bits per heavy atom. The van der Waals surface area contributed by atoms with Crippen molar-refractivity contribution in [1.29, 1.82) is 0 Å². The first-order chi connectivity index (χ1) is 10.1. The number of carbonyl (C=O) groups excluding carboxylic acids is 1. The molecule has 0 N–H and O–H groups in total. The van der Waals surface area contributed by atoms with Gasteiger partial charge in [-0.2, -0.15) is 8.78 Å². The Bertz CT molecular complexity index is 646. The number of hydrogen-bond acceptors (Lipinski definition) is 4. The minimum atomic E-state index is -2.71. The summed E-state index contributed by atoms with van der Waals surface area (Å²) in [6, 6.07) is 2.83. The number of imidazole rings is 1. The molecule has 2 rings (SSSR count). The quantitative estimate of drug-likeness (QED) is 0.767. The van der Waals surface area contributed by atoms with Gasteiger partial charge in [0.15, 0.2) is 17.3 Å². The molecule has 0 radical (unpaired) electrons. The summed E-state index contributed by atoms with van der Waals surface area (Å²) in [6.45, 7) is -2.92. The molecular formula is C13H11ClF2N2O3. The molecule has 0 atom stereocenters. The molecule has 112 valence electrons. The fourth-order valence-electron chi connectivity index (χ4n) is 1.72. The molecule has 0 aliphatic heterocycles. The number of ether oxygens (including phenoxy) is 2. The average Bonchev–Trinajstić information content (AvgIpc) is 2.93. The maximum absolute atomic E-state index is 12.7. The SMILES string of the molecule is COc1cc(C=O)cc(Cl)c1OCc1nccn1C(F)F. The zero-order valence-corrected chi connectivity index (χ0v) is 11.7. The van der Waals surface area contributed by atoms with Crippen LogP contribution in [-0.4, -0.2) is 22.9 Å². The molecule has 0 unspecified atom stereocenters. The monoisotopic (exact) mass is 316 g/mol. The Labute approximate surface area is 124 Å². The van der Waals surface area contributed by atoms with Gasteiger partial charge in [0.05, 0.1) is 12.1 Å². The lowest BCUT2D eigenvalue weighted by Crippen LogP contribution is -2.08. The maximum atomic E-state index is 12.7. The van der Waals surface area contributed by atoms with Crippen molar-refractivity contribution >= 4 is 17.9 Å². The third-order valence-corrected chi connectivity index (χ3v) is 2.97. The van der Waals surface area contributed by atoms with Crippen molar-refractivity contribution in [1.82, 2.24) is 9.55 Å². The summed E-state index contributed by atoms with van der Waals surface area (Å²) in [6.07, 6.45) is 3.01. The summed E-state index contributed by atoms with van der Waals surface area (Å²) in [5, 5.41) is 0.145. The molecular weight excluding hydrogens is 306 g/mol. The molecule has 5 nitrogen and oxygen atoms in total. The summed E-state index contributed by atoms with van der Waals surface area (Å²) in [7, 11) is 1.38. The highest BCUT2D eigenvalue weighted by atomic mass is 35.5. The van der Waals surface area contributed by atoms with Gasteiger partial charge in [-0.15, -0.1) is 0 Å². The van der Waals surface area contributed by atoms with Crippen LogP contribution in [0.15, 0.2) is 24.5 Å². The second-order valence-electron chi connectivity index (χ2n) is 3.97. The molecule has 0 spiro atoms. The number of rotatable bonds is 6. The van der Waals surface area contributed by atoms with Gasteiger partial charge in [-0.05, 0) is 12.1 Å². The molecule has 21 heavy (non-hydrogen) atoms. The van der Waals surface area contributed by atoms with E-state index in [1.165, 1.54) is 25.4 Å². The van der Waals surface area contributed by atoms with E-state index in [0.717, 1.165) is 6.20 Å². The van der Waals surface area contributed by atoms with E-state index in [1.54, 1.807) is 0 Å². The number of halogens is 3. The molecule has 8 heteroatoms. The number of methoxy groups -OCH3 is 1. The smallest absolute Gasteiger partial charge is 0.320 e. The Balaban J connectivity index is 2.23. The molecule has 1 heterocycles. The zero-order chi connectivity index (χ0) is 15.4. The van der Waals surface area contributed by atoms with Gasteiger partial charge >= 0.3 is 6.55 Å². The molecule has 0 saturated carbocycles. The van der Waals surface area contributed by atoms with E-state index >= 15 is 0 Å². The molecule has 1 aromatic heterocycles. The second kappa shape index (κ2) is 6.53. The topological polar surface area (TPSA) is 53.4 Å². The van der Waals surface area contributed by atoms with E-state index in [4.69, 9.17) is 21.1 Å². The van der Waals surface area contributed by atoms with E-state index in [0.29, 0.717) is 16.4 Å². The summed E-state index contributed by atoms with van der Waals surface area (Å²) >= 11 is 6.00. The number of alkyl halides is 2. The van der Waals surface area contributed by atoms with Gasteiger partial charge in [0.1, 0.15) is 12.9 Å². The third-order valence-electron chi connectivity index (χ3n) is 2.69. The third kappa shape index (κ3) is 3.30. The number of nitrogens with zero attached hydrogens (tertiary/aromatic N) is 2. The van der Waals surface area contributed by atoms with Crippen LogP contribution in [0.25, 0.3) is 0 Å². The van der Waals surface area contributed by atoms with Crippen molar-refractivity contribution in [3.8, 4) is 11.5 Å². The van der Waals surface area contributed by atoms with Crippen LogP contribution < -0.4 is 9.47 Å². The molecule has 0 amide bonds. The van der Waals surface area contributed by atoms with E-state index < -0.39 is 6.55 Å². The first-order valence-electron chi connectivity index (χ1n) is 5.82. The molecule has 0 aliphatic rings. The van der Waals surface area contributed by atoms with E-state index in [9.17, 15) is 13.6 Å². The van der Waals surface area contributed by atoms with E-state index in [2.05, 4.69) is 4.98 Å². The fraction of sp³-hybridized carbons (Fsp3) is 0.231. The summed E-state index contributed by atoms with van der Waals surface area (Å²) < 4.78 is 36.5. The van der Waals surface area contributed by atoms with Crippen molar-refractivity contribution in [3.63, 3.8) is 0 Å². The van der Waals surface area contributed by atoms with Crippen molar-refractivity contribution in [3.05, 3.63) is 40.9 Å². The number of carbonyl (C=O) groups is 1. The summed E-state index contributed by atoms with van der Waals surface area (Å²) in [5.74, 6) is 0.441. The lowest BCUT2D eigenvalue weighted by molar-refractivity contribution is 0.0631. The maximum Gasteiger partial charge on any atom is 0.320 e. The summed E-state index contributed by atoms with van der Waals surface area (Å²) in [5.41, 5.74) is 0.318. The Hall–Kier alpha value is -2.15. The van der Waals surface area contributed by atoms with Crippen LogP contribution in [0.2, 0.25) is 5.02 Å². The molecule has 2 aromatic rings. The van der Waals surface area contributed by atoms with Gasteiger partial charge in [-0.3, -0.25) is 9.36 Å². The van der Waals surface area contributed by atoms with Crippen molar-refractivity contribution < 1.29 is 23.0 Å². The van der Waals surface area contributed by atoms with Crippen molar-refractivity contribution in [2.45, 2.75) is 13.2 Å². The van der Waals surface area contributed by atoms with Gasteiger partial charge in [0.25, 0.3) is 0 Å². The lowest BCUT2D eigenvalue weighted by atomic mass is 10.2. The van der Waals surface area contributed by atoms with Crippen LogP contribution in [0.3, 0.4) is 0 Å². The van der Waals surface area contributed by atoms with Crippen molar-refractivity contribution in [2.24, 2.45) is 0 Å². The van der Waals surface area contributed by atoms with Crippen LogP contribution in [0.1, 0.15) is 22.7 Å². The first-order valence-corrected chi connectivity index (χ1v) is 6.20. The number of benzene rings is 1. The van der Waals surface area contributed by atoms with Gasteiger partial charge in [0, 0.05) is 18.0 Å². The molecule has 0 bridgehead atoms. The minimum absolute atomic E-state index is 0.0441. The predicted octanol–water partition coefficient (Wildman–Crippen LogP) is 3.33. The van der Waals surface area contributed by atoms with Crippen LogP contribution in [0, 0.1) is 0 Å². The van der Waals surface area contributed by atoms with Gasteiger partial charge in [-0.1, -0.05) is 11.6 Å². The highest BCUT2D eigenvalue weighted by Gasteiger charge is 2.15. The largest absolute Gasteiger partial charge is 0.493 e. The van der Waals surface area contributed by atoms with Crippen LogP contribution >= 0.6 is 11.6 Å². The van der Waals surface area contributed by atoms with E-state index in [1.807, 2.05) is 0 Å². The normalized spacial score (nSPS) is 10.7. The predicted molar refractivity (Wildman–Crippen MR) is 71.2 cm³/mol. The van der Waals surface area contributed by atoms with E-state index in [-0.39, 0.29) is 29.0 Å². The molecule has 1 aromatic carbocycles. The Morgan fingerprint density at radius 3 is 2.86 bits per heavy atom. The second-order valence-corrected chi connectivity index (χ2v) is 4.38. The first kappa shape index (κ1) is 15.2.